The lowest BCUT2D eigenvalue weighted by Gasteiger charge is -2.14. The molecular weight excluding hydrogens is 320 g/mol. The standard InChI is InChI=1S/C16H12O8/c1-5-3-9(18)11(19)14-10(5)16(22)24-12-6(2)8(17)4-7(15(20)21)13(12)23-14/h3-4,17-19H,1-2H3,(H,20,21). The molecule has 1 aliphatic rings. The smallest absolute Gasteiger partial charge is 0.347 e. The number of carboxylic acid groups (broad SMARTS) is 1. The van der Waals surface area contributed by atoms with Crippen LogP contribution in [0.4, 0.5) is 0 Å². The second kappa shape index (κ2) is 5.05. The van der Waals surface area contributed by atoms with Crippen molar-refractivity contribution in [3.05, 3.63) is 34.4 Å². The molecule has 8 heteroatoms. The number of hydrogen-bond acceptors (Lipinski definition) is 7. The van der Waals surface area contributed by atoms with Crippen LogP contribution in [0, 0.1) is 13.8 Å². The molecule has 0 amide bonds. The highest BCUT2D eigenvalue weighted by molar-refractivity contribution is 6.00. The molecule has 24 heavy (non-hydrogen) atoms. The lowest BCUT2D eigenvalue weighted by atomic mass is 10.1. The third-order valence-electron chi connectivity index (χ3n) is 3.72. The van der Waals surface area contributed by atoms with Gasteiger partial charge < -0.3 is 29.9 Å². The number of benzene rings is 2. The molecule has 4 N–H and O–H groups in total. The summed E-state index contributed by atoms with van der Waals surface area (Å²) in [5.74, 6) is -5.03. The number of esters is 1. The minimum absolute atomic E-state index is 0.0949. The summed E-state index contributed by atoms with van der Waals surface area (Å²) >= 11 is 0. The molecule has 0 radical (unpaired) electrons. The molecule has 0 unspecified atom stereocenters. The van der Waals surface area contributed by atoms with Crippen molar-refractivity contribution in [2.45, 2.75) is 13.8 Å². The molecule has 0 saturated carbocycles. The van der Waals surface area contributed by atoms with Gasteiger partial charge in [-0.05, 0) is 31.5 Å². The van der Waals surface area contributed by atoms with E-state index in [1.54, 1.807) is 0 Å². The zero-order valence-electron chi connectivity index (χ0n) is 12.6. The molecule has 3 rings (SSSR count). The van der Waals surface area contributed by atoms with Gasteiger partial charge in [0.25, 0.3) is 0 Å². The summed E-state index contributed by atoms with van der Waals surface area (Å²) in [6.07, 6.45) is 0. The van der Waals surface area contributed by atoms with Crippen LogP contribution in [0.3, 0.4) is 0 Å². The number of ether oxygens (including phenoxy) is 2. The number of aromatic hydroxyl groups is 3. The van der Waals surface area contributed by atoms with Crippen LogP contribution in [0.1, 0.15) is 31.8 Å². The van der Waals surface area contributed by atoms with Crippen molar-refractivity contribution in [1.82, 2.24) is 0 Å². The molecule has 0 fully saturated rings. The van der Waals surface area contributed by atoms with E-state index in [0.29, 0.717) is 0 Å². The van der Waals surface area contributed by atoms with Gasteiger partial charge in [0.1, 0.15) is 16.9 Å². The summed E-state index contributed by atoms with van der Waals surface area (Å²) in [7, 11) is 0. The van der Waals surface area contributed by atoms with Gasteiger partial charge in [-0.2, -0.15) is 0 Å². The van der Waals surface area contributed by atoms with Gasteiger partial charge in [-0.15, -0.1) is 0 Å². The number of hydrogen-bond donors (Lipinski definition) is 4. The normalized spacial score (nSPS) is 12.5. The Morgan fingerprint density at radius 1 is 0.958 bits per heavy atom. The van der Waals surface area contributed by atoms with Crippen molar-refractivity contribution in [1.29, 1.82) is 0 Å². The first-order valence-corrected chi connectivity index (χ1v) is 6.77. The van der Waals surface area contributed by atoms with E-state index in [1.807, 2.05) is 0 Å². The summed E-state index contributed by atoms with van der Waals surface area (Å²) in [4.78, 5) is 23.8. The first-order chi connectivity index (χ1) is 11.2. The number of phenolic OH excluding ortho intramolecular Hbond substituents is 3. The van der Waals surface area contributed by atoms with Gasteiger partial charge in [-0.3, -0.25) is 0 Å². The largest absolute Gasteiger partial charge is 0.508 e. The number of aromatic carboxylic acids is 1. The molecule has 0 aliphatic carbocycles. The van der Waals surface area contributed by atoms with E-state index < -0.39 is 40.5 Å². The zero-order chi connectivity index (χ0) is 17.8. The average Bonchev–Trinajstić information content (AvgIpc) is 2.65. The van der Waals surface area contributed by atoms with Crippen LogP contribution < -0.4 is 9.47 Å². The van der Waals surface area contributed by atoms with Gasteiger partial charge in [0.2, 0.25) is 5.75 Å². The quantitative estimate of drug-likeness (QED) is 0.355. The maximum atomic E-state index is 12.4. The number of carbonyl (C=O) groups excluding carboxylic acids is 1. The van der Waals surface area contributed by atoms with Crippen molar-refractivity contribution < 1.29 is 39.5 Å². The monoisotopic (exact) mass is 332 g/mol. The van der Waals surface area contributed by atoms with Gasteiger partial charge in [0.05, 0.1) is 0 Å². The van der Waals surface area contributed by atoms with Gasteiger partial charge in [0, 0.05) is 5.56 Å². The number of rotatable bonds is 1. The van der Waals surface area contributed by atoms with Crippen LogP contribution in [0.15, 0.2) is 12.1 Å². The molecule has 0 atom stereocenters. The molecule has 2 aromatic carbocycles. The van der Waals surface area contributed by atoms with E-state index in [1.165, 1.54) is 13.8 Å². The Hall–Kier alpha value is -3.42. The highest BCUT2D eigenvalue weighted by Crippen LogP contribution is 2.50. The summed E-state index contributed by atoms with van der Waals surface area (Å²) in [5.41, 5.74) is -0.264. The molecule has 2 aromatic rings. The van der Waals surface area contributed by atoms with Crippen molar-refractivity contribution in [3.63, 3.8) is 0 Å². The molecular formula is C16H12O8. The van der Waals surface area contributed by atoms with Gasteiger partial charge in [0.15, 0.2) is 23.0 Å². The Morgan fingerprint density at radius 3 is 2.25 bits per heavy atom. The zero-order valence-corrected chi connectivity index (χ0v) is 12.6. The second-order valence-corrected chi connectivity index (χ2v) is 5.29. The number of phenols is 3. The van der Waals surface area contributed by atoms with Gasteiger partial charge in [-0.1, -0.05) is 0 Å². The minimum Gasteiger partial charge on any atom is -0.508 e. The highest BCUT2D eigenvalue weighted by Gasteiger charge is 2.33. The fourth-order valence-corrected chi connectivity index (χ4v) is 2.46. The third kappa shape index (κ3) is 2.08. The van der Waals surface area contributed by atoms with Crippen LogP contribution in [0.25, 0.3) is 0 Å². The molecule has 124 valence electrons. The first kappa shape index (κ1) is 15.5. The first-order valence-electron chi connectivity index (χ1n) is 6.77. The van der Waals surface area contributed by atoms with Crippen LogP contribution in [0.2, 0.25) is 0 Å². The number of carbonyl (C=O) groups is 2. The lowest BCUT2D eigenvalue weighted by Crippen LogP contribution is -2.10. The van der Waals surface area contributed by atoms with Crippen LogP contribution >= 0.6 is 0 Å². The topological polar surface area (TPSA) is 134 Å². The van der Waals surface area contributed by atoms with E-state index in [0.717, 1.165) is 12.1 Å². The Kier molecular flexibility index (Phi) is 3.26. The number of aryl methyl sites for hydroxylation is 1. The van der Waals surface area contributed by atoms with Crippen LogP contribution in [-0.2, 0) is 0 Å². The summed E-state index contributed by atoms with van der Waals surface area (Å²) in [5, 5.41) is 38.9. The molecule has 1 heterocycles. The van der Waals surface area contributed by atoms with Crippen molar-refractivity contribution in [2.24, 2.45) is 0 Å². The van der Waals surface area contributed by atoms with Crippen LogP contribution in [-0.4, -0.2) is 32.4 Å². The molecule has 0 spiro atoms. The third-order valence-corrected chi connectivity index (χ3v) is 3.72. The Morgan fingerprint density at radius 2 is 1.62 bits per heavy atom. The molecule has 0 saturated heterocycles. The average molecular weight is 332 g/mol. The Balaban J connectivity index is 2.38. The van der Waals surface area contributed by atoms with E-state index in [-0.39, 0.29) is 28.2 Å². The van der Waals surface area contributed by atoms with E-state index in [2.05, 4.69) is 0 Å². The fraction of sp³-hybridized carbons (Fsp3) is 0.125. The molecule has 1 aliphatic heterocycles. The van der Waals surface area contributed by atoms with E-state index in [4.69, 9.17) is 9.47 Å². The number of fused-ring (bicyclic) bond motifs is 2. The summed E-state index contributed by atoms with van der Waals surface area (Å²) < 4.78 is 10.6. The predicted octanol–water partition coefficient (Wildman–Crippen LogP) is 2.44. The van der Waals surface area contributed by atoms with E-state index in [9.17, 15) is 30.0 Å². The predicted molar refractivity (Wildman–Crippen MR) is 79.3 cm³/mol. The Labute approximate surface area is 135 Å². The maximum Gasteiger partial charge on any atom is 0.347 e. The van der Waals surface area contributed by atoms with Crippen LogP contribution in [0.5, 0.6) is 34.5 Å². The fourth-order valence-electron chi connectivity index (χ4n) is 2.46. The van der Waals surface area contributed by atoms with Gasteiger partial charge in [-0.25, -0.2) is 9.59 Å². The Bertz CT molecular complexity index is 913. The highest BCUT2D eigenvalue weighted by atomic mass is 16.6. The lowest BCUT2D eigenvalue weighted by molar-refractivity contribution is 0.0685. The maximum absolute atomic E-state index is 12.4. The minimum atomic E-state index is -1.43. The second-order valence-electron chi connectivity index (χ2n) is 5.29. The molecule has 0 aromatic heterocycles. The number of carboxylic acids is 1. The molecule has 0 bridgehead atoms. The van der Waals surface area contributed by atoms with Crippen molar-refractivity contribution >= 4 is 11.9 Å². The van der Waals surface area contributed by atoms with Gasteiger partial charge >= 0.3 is 11.9 Å². The van der Waals surface area contributed by atoms with E-state index >= 15 is 0 Å². The van der Waals surface area contributed by atoms with Crippen molar-refractivity contribution in [2.75, 3.05) is 0 Å². The summed E-state index contributed by atoms with van der Waals surface area (Å²) in [6.45, 7) is 2.90. The summed E-state index contributed by atoms with van der Waals surface area (Å²) in [6, 6.07) is 2.10. The molecule has 8 nitrogen and oxygen atoms in total. The SMILES string of the molecule is Cc1cc(O)c(O)c2c1C(=O)Oc1c(C)c(O)cc(C(=O)O)c1O2. The van der Waals surface area contributed by atoms with Crippen molar-refractivity contribution in [3.8, 4) is 34.5 Å².